The molecule has 0 spiro atoms. The van der Waals surface area contributed by atoms with Crippen molar-refractivity contribution in [2.75, 3.05) is 6.54 Å². The molecule has 1 aromatic heterocycles. The smallest absolute Gasteiger partial charge is 0.252 e. The molecular formula is C10H11IN2OS. The number of hydrogen-bond donors (Lipinski definition) is 1. The van der Waals surface area contributed by atoms with Crippen molar-refractivity contribution in [3.05, 3.63) is 19.9 Å². The summed E-state index contributed by atoms with van der Waals surface area (Å²) in [6.45, 7) is 3.96. The summed E-state index contributed by atoms with van der Waals surface area (Å²) in [6.07, 6.45) is 0. The molecule has 0 aliphatic heterocycles. The van der Waals surface area contributed by atoms with E-state index >= 15 is 0 Å². The lowest BCUT2D eigenvalue weighted by Gasteiger charge is -2.15. The molecule has 80 valence electrons. The second-order valence-electron chi connectivity index (χ2n) is 3.82. The third-order valence-corrected chi connectivity index (χ3v) is 3.61. The van der Waals surface area contributed by atoms with Gasteiger partial charge in [0, 0.05) is 11.9 Å². The summed E-state index contributed by atoms with van der Waals surface area (Å²) in [5.74, 6) is -0.113. The highest BCUT2D eigenvalue weighted by Crippen LogP contribution is 2.17. The van der Waals surface area contributed by atoms with Crippen LogP contribution in [-0.2, 0) is 0 Å². The Hall–Kier alpha value is -0.610. The zero-order valence-corrected chi connectivity index (χ0v) is 11.5. The van der Waals surface area contributed by atoms with Gasteiger partial charge in [-0.25, -0.2) is 0 Å². The van der Waals surface area contributed by atoms with E-state index in [2.05, 4.69) is 34.0 Å². The maximum absolute atomic E-state index is 11.6. The average molecular weight is 334 g/mol. The maximum atomic E-state index is 11.6. The summed E-state index contributed by atoms with van der Waals surface area (Å²) >= 11 is 3.70. The number of hydrogen-bond acceptors (Lipinski definition) is 3. The van der Waals surface area contributed by atoms with Crippen molar-refractivity contribution in [2.45, 2.75) is 13.8 Å². The molecule has 3 nitrogen and oxygen atoms in total. The Bertz CT molecular complexity index is 406. The van der Waals surface area contributed by atoms with Gasteiger partial charge in [0.15, 0.2) is 0 Å². The molecule has 0 bridgehead atoms. The molecule has 1 aromatic rings. The first-order chi connectivity index (χ1) is 6.94. The van der Waals surface area contributed by atoms with Gasteiger partial charge >= 0.3 is 0 Å². The normalized spacial score (nSPS) is 10.8. The predicted octanol–water partition coefficient (Wildman–Crippen LogP) is 2.63. The fourth-order valence-corrected chi connectivity index (χ4v) is 2.20. The van der Waals surface area contributed by atoms with Gasteiger partial charge in [-0.15, -0.1) is 11.3 Å². The Labute approximate surface area is 107 Å². The summed E-state index contributed by atoms with van der Waals surface area (Å²) in [4.78, 5) is 11.6. The number of nitrogens with zero attached hydrogens (tertiary/aromatic N) is 1. The highest BCUT2D eigenvalue weighted by Gasteiger charge is 2.18. The van der Waals surface area contributed by atoms with Crippen molar-refractivity contribution in [1.82, 2.24) is 5.32 Å². The van der Waals surface area contributed by atoms with Gasteiger partial charge in [0.1, 0.15) is 0 Å². The van der Waals surface area contributed by atoms with E-state index in [0.717, 1.165) is 2.88 Å². The third-order valence-electron chi connectivity index (χ3n) is 1.82. The van der Waals surface area contributed by atoms with Gasteiger partial charge in [-0.1, -0.05) is 0 Å². The molecule has 0 aliphatic carbocycles. The van der Waals surface area contributed by atoms with Crippen LogP contribution in [0.25, 0.3) is 0 Å². The van der Waals surface area contributed by atoms with Crippen LogP contribution in [0.1, 0.15) is 24.2 Å². The number of carbonyl (C=O) groups excluding carboxylic acids is 1. The van der Waals surface area contributed by atoms with Gasteiger partial charge in [0.05, 0.1) is 19.9 Å². The molecule has 1 N–H and O–H groups in total. The van der Waals surface area contributed by atoms with Gasteiger partial charge in [-0.2, -0.15) is 5.26 Å². The van der Waals surface area contributed by atoms with Gasteiger partial charge in [0.2, 0.25) is 0 Å². The van der Waals surface area contributed by atoms with Crippen molar-refractivity contribution in [3.63, 3.8) is 0 Å². The van der Waals surface area contributed by atoms with E-state index in [9.17, 15) is 4.79 Å². The van der Waals surface area contributed by atoms with Crippen LogP contribution in [0, 0.1) is 19.6 Å². The number of rotatable bonds is 3. The van der Waals surface area contributed by atoms with Crippen LogP contribution < -0.4 is 5.32 Å². The monoisotopic (exact) mass is 334 g/mol. The minimum atomic E-state index is -0.515. The predicted molar refractivity (Wildman–Crippen MR) is 68.8 cm³/mol. The Morgan fingerprint density at radius 1 is 1.73 bits per heavy atom. The summed E-state index contributed by atoms with van der Waals surface area (Å²) < 4.78 is 1.08. The quantitative estimate of drug-likeness (QED) is 0.864. The fourth-order valence-electron chi connectivity index (χ4n) is 0.872. The van der Waals surface area contributed by atoms with Crippen LogP contribution in [0.4, 0.5) is 0 Å². The molecular weight excluding hydrogens is 323 g/mol. The van der Waals surface area contributed by atoms with E-state index in [0.29, 0.717) is 12.1 Å². The lowest BCUT2D eigenvalue weighted by atomic mass is 9.96. The third kappa shape index (κ3) is 3.80. The van der Waals surface area contributed by atoms with Crippen LogP contribution in [0.3, 0.4) is 0 Å². The van der Waals surface area contributed by atoms with Crippen molar-refractivity contribution in [1.29, 1.82) is 5.26 Å². The number of nitriles is 1. The number of thiophene rings is 1. The SMILES string of the molecule is CC(C)(C#N)CNC(=O)c1csc(I)c1. The van der Waals surface area contributed by atoms with E-state index in [1.54, 1.807) is 13.8 Å². The zero-order valence-electron chi connectivity index (χ0n) is 8.50. The van der Waals surface area contributed by atoms with Crippen molar-refractivity contribution in [2.24, 2.45) is 5.41 Å². The summed E-state index contributed by atoms with van der Waals surface area (Å²) in [6, 6.07) is 3.97. The van der Waals surface area contributed by atoms with E-state index in [1.807, 2.05) is 11.4 Å². The van der Waals surface area contributed by atoms with Gasteiger partial charge in [-0.3, -0.25) is 4.79 Å². The molecule has 0 atom stereocenters. The first-order valence-electron chi connectivity index (χ1n) is 4.38. The number of carbonyl (C=O) groups is 1. The molecule has 15 heavy (non-hydrogen) atoms. The highest BCUT2D eigenvalue weighted by atomic mass is 127. The fraction of sp³-hybridized carbons (Fsp3) is 0.400. The molecule has 1 amide bonds. The summed E-state index contributed by atoms with van der Waals surface area (Å²) in [5, 5.41) is 13.3. The number of amides is 1. The molecule has 0 aliphatic rings. The van der Waals surface area contributed by atoms with E-state index in [1.165, 1.54) is 11.3 Å². The van der Waals surface area contributed by atoms with Crippen LogP contribution in [-0.4, -0.2) is 12.5 Å². The Morgan fingerprint density at radius 3 is 2.87 bits per heavy atom. The Kier molecular flexibility index (Phi) is 4.11. The maximum Gasteiger partial charge on any atom is 0.252 e. The molecule has 0 aromatic carbocycles. The second-order valence-corrected chi connectivity index (χ2v) is 6.62. The molecule has 5 heteroatoms. The minimum absolute atomic E-state index is 0.113. The standard InChI is InChI=1S/C10H11IN2OS/c1-10(2,5-12)6-13-9(14)7-3-8(11)15-4-7/h3-4H,6H2,1-2H3,(H,13,14). The summed E-state index contributed by atoms with van der Waals surface area (Å²) in [7, 11) is 0. The molecule has 0 saturated carbocycles. The van der Waals surface area contributed by atoms with E-state index in [4.69, 9.17) is 5.26 Å². The van der Waals surface area contributed by atoms with Crippen LogP contribution >= 0.6 is 33.9 Å². The van der Waals surface area contributed by atoms with Crippen LogP contribution in [0.2, 0.25) is 0 Å². The van der Waals surface area contributed by atoms with Gasteiger partial charge in [-0.05, 0) is 42.5 Å². The number of halogens is 1. The van der Waals surface area contributed by atoms with E-state index in [-0.39, 0.29) is 5.91 Å². The van der Waals surface area contributed by atoms with Gasteiger partial charge < -0.3 is 5.32 Å². The Balaban J connectivity index is 2.55. The molecule has 0 radical (unpaired) electrons. The number of nitrogens with one attached hydrogen (secondary N) is 1. The second kappa shape index (κ2) is 4.94. The van der Waals surface area contributed by atoms with Crippen molar-refractivity contribution >= 4 is 39.8 Å². The van der Waals surface area contributed by atoms with E-state index < -0.39 is 5.41 Å². The molecule has 0 saturated heterocycles. The largest absolute Gasteiger partial charge is 0.350 e. The summed E-state index contributed by atoms with van der Waals surface area (Å²) in [5.41, 5.74) is 0.150. The Morgan fingerprint density at radius 2 is 2.40 bits per heavy atom. The van der Waals surface area contributed by atoms with Crippen LogP contribution in [0.15, 0.2) is 11.4 Å². The zero-order chi connectivity index (χ0) is 11.5. The van der Waals surface area contributed by atoms with Crippen molar-refractivity contribution < 1.29 is 4.79 Å². The lowest BCUT2D eigenvalue weighted by Crippen LogP contribution is -2.32. The first kappa shape index (κ1) is 12.5. The van der Waals surface area contributed by atoms with Crippen molar-refractivity contribution in [3.8, 4) is 6.07 Å². The molecule has 1 rings (SSSR count). The van der Waals surface area contributed by atoms with Gasteiger partial charge in [0.25, 0.3) is 5.91 Å². The molecule has 0 unspecified atom stereocenters. The minimum Gasteiger partial charge on any atom is -0.350 e. The molecule has 1 heterocycles. The lowest BCUT2D eigenvalue weighted by molar-refractivity contribution is 0.0944. The molecule has 0 fully saturated rings. The topological polar surface area (TPSA) is 52.9 Å². The van der Waals surface area contributed by atoms with Crippen LogP contribution in [0.5, 0.6) is 0 Å². The first-order valence-corrected chi connectivity index (χ1v) is 6.34. The average Bonchev–Trinajstić information content (AvgIpc) is 2.61. The highest BCUT2D eigenvalue weighted by molar-refractivity contribution is 14.1.